The van der Waals surface area contributed by atoms with Gasteiger partial charge in [-0.1, -0.05) is 0 Å². The van der Waals surface area contributed by atoms with Crippen LogP contribution in [-0.4, -0.2) is 30.3 Å². The molecule has 0 aliphatic heterocycles. The first-order chi connectivity index (χ1) is 5.60. The molecule has 0 aromatic rings. The second-order valence-corrected chi connectivity index (χ2v) is 6.63. The second kappa shape index (κ2) is 4.30. The standard InChI is InChI=1S/C6H12O5S2/c1-6(2,3)11-5(7)4-12-13(8,9)10/h4H2,1-3H3,(H,8,9,10). The summed E-state index contributed by atoms with van der Waals surface area (Å²) in [5, 5.41) is 0. The van der Waals surface area contributed by atoms with E-state index in [9.17, 15) is 13.2 Å². The summed E-state index contributed by atoms with van der Waals surface area (Å²) in [6.45, 7) is 5.01. The van der Waals surface area contributed by atoms with Crippen LogP contribution >= 0.6 is 10.8 Å². The van der Waals surface area contributed by atoms with Crippen LogP contribution in [0.4, 0.5) is 0 Å². The third kappa shape index (κ3) is 9.65. The maximum atomic E-state index is 10.9. The Bertz CT molecular complexity index is 274. The fourth-order valence-corrected chi connectivity index (χ4v) is 1.53. The summed E-state index contributed by atoms with van der Waals surface area (Å²) >= 11 is 0. The highest BCUT2D eigenvalue weighted by Crippen LogP contribution is 2.13. The van der Waals surface area contributed by atoms with Gasteiger partial charge in [0.1, 0.15) is 11.4 Å². The summed E-state index contributed by atoms with van der Waals surface area (Å²) in [6.07, 6.45) is 0. The van der Waals surface area contributed by atoms with Gasteiger partial charge in [-0.3, -0.25) is 9.35 Å². The second-order valence-electron chi connectivity index (χ2n) is 3.28. The molecule has 0 radical (unpaired) electrons. The zero-order valence-corrected chi connectivity index (χ0v) is 9.24. The van der Waals surface area contributed by atoms with Crippen molar-refractivity contribution in [3.05, 3.63) is 0 Å². The SMILES string of the molecule is CC(C)(C)OC(=O)CSS(=O)(=O)O. The van der Waals surface area contributed by atoms with Crippen molar-refractivity contribution in [2.45, 2.75) is 26.4 Å². The molecule has 0 saturated heterocycles. The van der Waals surface area contributed by atoms with E-state index in [1.165, 1.54) is 0 Å². The number of carbonyl (C=O) groups excluding carboxylic acids is 1. The Morgan fingerprint density at radius 3 is 2.23 bits per heavy atom. The van der Waals surface area contributed by atoms with Crippen LogP contribution in [0.2, 0.25) is 0 Å². The first-order valence-corrected chi connectivity index (χ1v) is 6.38. The predicted octanol–water partition coefficient (Wildman–Crippen LogP) is 0.864. The average molecular weight is 228 g/mol. The fraction of sp³-hybridized carbons (Fsp3) is 0.833. The monoisotopic (exact) mass is 228 g/mol. The van der Waals surface area contributed by atoms with Crippen molar-refractivity contribution in [3.63, 3.8) is 0 Å². The van der Waals surface area contributed by atoms with Crippen LogP contribution in [0.25, 0.3) is 0 Å². The Morgan fingerprint density at radius 1 is 1.46 bits per heavy atom. The maximum absolute atomic E-state index is 10.9. The number of ether oxygens (including phenoxy) is 1. The molecule has 13 heavy (non-hydrogen) atoms. The zero-order valence-electron chi connectivity index (χ0n) is 7.60. The van der Waals surface area contributed by atoms with Gasteiger partial charge in [-0.2, -0.15) is 8.42 Å². The van der Waals surface area contributed by atoms with Gasteiger partial charge in [0.25, 0.3) is 0 Å². The minimum Gasteiger partial charge on any atom is -0.459 e. The van der Waals surface area contributed by atoms with Gasteiger partial charge in [-0.15, -0.1) is 0 Å². The maximum Gasteiger partial charge on any atom is 0.320 e. The average Bonchev–Trinajstić information content (AvgIpc) is 1.78. The van der Waals surface area contributed by atoms with Crippen LogP contribution in [0, 0.1) is 0 Å². The van der Waals surface area contributed by atoms with E-state index in [1.54, 1.807) is 20.8 Å². The molecule has 0 aromatic heterocycles. The Hall–Kier alpha value is -0.270. The first kappa shape index (κ1) is 12.7. The van der Waals surface area contributed by atoms with Crippen LogP contribution in [0.3, 0.4) is 0 Å². The van der Waals surface area contributed by atoms with E-state index in [1.807, 2.05) is 0 Å². The van der Waals surface area contributed by atoms with E-state index in [4.69, 9.17) is 9.29 Å². The van der Waals surface area contributed by atoms with Gasteiger partial charge in [0, 0.05) is 10.8 Å². The van der Waals surface area contributed by atoms with Gasteiger partial charge >= 0.3 is 15.1 Å². The highest BCUT2D eigenvalue weighted by atomic mass is 33.1. The summed E-state index contributed by atoms with van der Waals surface area (Å²) in [5.41, 5.74) is -0.642. The summed E-state index contributed by atoms with van der Waals surface area (Å²) < 4.78 is 33.5. The molecule has 0 bridgehead atoms. The van der Waals surface area contributed by atoms with E-state index in [-0.39, 0.29) is 10.8 Å². The minimum absolute atomic E-state index is 0.136. The van der Waals surface area contributed by atoms with Crippen molar-refractivity contribution in [1.29, 1.82) is 0 Å². The molecule has 0 aromatic carbocycles. The van der Waals surface area contributed by atoms with Gasteiger partial charge in [0.2, 0.25) is 0 Å². The normalized spacial score (nSPS) is 12.6. The Kier molecular flexibility index (Phi) is 4.21. The molecule has 5 nitrogen and oxygen atoms in total. The summed E-state index contributed by atoms with van der Waals surface area (Å²) in [7, 11) is -4.02. The molecule has 0 atom stereocenters. The topological polar surface area (TPSA) is 80.7 Å². The summed E-state index contributed by atoms with van der Waals surface area (Å²) in [5.74, 6) is -1.08. The lowest BCUT2D eigenvalue weighted by Crippen LogP contribution is -2.25. The van der Waals surface area contributed by atoms with E-state index >= 15 is 0 Å². The van der Waals surface area contributed by atoms with Crippen molar-refractivity contribution in [2.75, 3.05) is 5.75 Å². The Morgan fingerprint density at radius 2 is 1.92 bits per heavy atom. The molecule has 0 aliphatic rings. The fourth-order valence-electron chi connectivity index (χ4n) is 0.494. The lowest BCUT2D eigenvalue weighted by Gasteiger charge is -2.18. The Labute approximate surface area is 81.0 Å². The number of carbonyl (C=O) groups is 1. The minimum atomic E-state index is -4.16. The van der Waals surface area contributed by atoms with Crippen molar-refractivity contribution < 1.29 is 22.5 Å². The molecule has 0 amide bonds. The van der Waals surface area contributed by atoms with E-state index in [0.717, 1.165) is 0 Å². The summed E-state index contributed by atoms with van der Waals surface area (Å²) in [4.78, 5) is 10.9. The van der Waals surface area contributed by atoms with Gasteiger partial charge < -0.3 is 4.74 Å². The number of hydrogen-bond donors (Lipinski definition) is 1. The first-order valence-electron chi connectivity index (χ1n) is 3.44. The van der Waals surface area contributed by atoms with Gasteiger partial charge in [0.05, 0.1) is 0 Å². The van der Waals surface area contributed by atoms with Crippen LogP contribution < -0.4 is 0 Å². The highest BCUT2D eigenvalue weighted by molar-refractivity contribution is 8.70. The number of hydrogen-bond acceptors (Lipinski definition) is 5. The molecule has 0 heterocycles. The van der Waals surface area contributed by atoms with Crippen LogP contribution in [-0.2, 0) is 18.7 Å². The lowest BCUT2D eigenvalue weighted by atomic mass is 10.2. The lowest BCUT2D eigenvalue weighted by molar-refractivity contribution is -0.151. The van der Waals surface area contributed by atoms with Crippen molar-refractivity contribution in [2.24, 2.45) is 0 Å². The van der Waals surface area contributed by atoms with E-state index < -0.39 is 26.5 Å². The molecule has 0 fully saturated rings. The third-order valence-corrected chi connectivity index (χ3v) is 2.64. The summed E-state index contributed by atoms with van der Waals surface area (Å²) in [6, 6.07) is 0. The molecule has 0 saturated carbocycles. The van der Waals surface area contributed by atoms with E-state index in [2.05, 4.69) is 0 Å². The largest absolute Gasteiger partial charge is 0.459 e. The van der Waals surface area contributed by atoms with Crippen molar-refractivity contribution in [1.82, 2.24) is 0 Å². The van der Waals surface area contributed by atoms with Crippen LogP contribution in [0.5, 0.6) is 0 Å². The zero-order chi connectivity index (χ0) is 10.7. The van der Waals surface area contributed by atoms with Gasteiger partial charge in [-0.05, 0) is 20.8 Å². The Balaban J connectivity index is 3.92. The highest BCUT2D eigenvalue weighted by Gasteiger charge is 2.18. The van der Waals surface area contributed by atoms with Crippen LogP contribution in [0.1, 0.15) is 20.8 Å². The molecular weight excluding hydrogens is 216 g/mol. The van der Waals surface area contributed by atoms with E-state index in [0.29, 0.717) is 0 Å². The van der Waals surface area contributed by atoms with Crippen molar-refractivity contribution in [3.8, 4) is 0 Å². The smallest absolute Gasteiger partial charge is 0.320 e. The number of esters is 1. The molecule has 1 N–H and O–H groups in total. The molecule has 0 aliphatic carbocycles. The molecule has 7 heteroatoms. The van der Waals surface area contributed by atoms with Crippen molar-refractivity contribution >= 4 is 25.9 Å². The van der Waals surface area contributed by atoms with Gasteiger partial charge in [-0.25, -0.2) is 0 Å². The third-order valence-electron chi connectivity index (χ3n) is 0.746. The number of rotatable bonds is 3. The molecular formula is C6H12O5S2. The van der Waals surface area contributed by atoms with Crippen LogP contribution in [0.15, 0.2) is 0 Å². The van der Waals surface area contributed by atoms with Gasteiger partial charge in [0.15, 0.2) is 0 Å². The molecule has 0 spiro atoms. The predicted molar refractivity (Wildman–Crippen MR) is 49.9 cm³/mol. The quantitative estimate of drug-likeness (QED) is 0.438. The molecule has 0 unspecified atom stereocenters. The molecule has 78 valence electrons. The molecule has 0 rings (SSSR count).